The number of aryl methyl sites for hydroxylation is 1. The lowest BCUT2D eigenvalue weighted by Crippen LogP contribution is -2.49. The zero-order valence-electron chi connectivity index (χ0n) is 17.4. The van der Waals surface area contributed by atoms with E-state index in [1.165, 1.54) is 16.8 Å². The summed E-state index contributed by atoms with van der Waals surface area (Å²) in [6.07, 6.45) is 2.25. The maximum absolute atomic E-state index is 13.2. The summed E-state index contributed by atoms with van der Waals surface area (Å²) in [5.41, 5.74) is 4.54. The summed E-state index contributed by atoms with van der Waals surface area (Å²) >= 11 is 0. The largest absolute Gasteiger partial charge is 0.490 e. The molecule has 2 fully saturated rings. The van der Waals surface area contributed by atoms with E-state index in [2.05, 4.69) is 36.9 Å². The Bertz CT molecular complexity index is 853. The van der Waals surface area contributed by atoms with Crippen LogP contribution in [0.1, 0.15) is 34.3 Å². The second-order valence-electron chi connectivity index (χ2n) is 7.94. The number of amides is 1. The highest BCUT2D eigenvalue weighted by molar-refractivity contribution is 5.97. The summed E-state index contributed by atoms with van der Waals surface area (Å²) in [5.74, 6) is 0.707. The van der Waals surface area contributed by atoms with Crippen LogP contribution in [0.2, 0.25) is 0 Å². The van der Waals surface area contributed by atoms with Gasteiger partial charge in [-0.15, -0.1) is 0 Å². The monoisotopic (exact) mass is 394 g/mol. The third-order valence-electron chi connectivity index (χ3n) is 6.05. The van der Waals surface area contributed by atoms with E-state index in [0.29, 0.717) is 31.0 Å². The summed E-state index contributed by atoms with van der Waals surface area (Å²) in [6, 6.07) is 14.0. The van der Waals surface area contributed by atoms with Crippen molar-refractivity contribution in [2.45, 2.75) is 32.8 Å². The van der Waals surface area contributed by atoms with Crippen molar-refractivity contribution in [1.29, 1.82) is 0 Å². The Morgan fingerprint density at radius 2 is 1.86 bits per heavy atom. The molecule has 0 aromatic heterocycles. The van der Waals surface area contributed by atoms with Gasteiger partial charge in [-0.25, -0.2) is 0 Å². The molecule has 2 aliphatic heterocycles. The van der Waals surface area contributed by atoms with Crippen LogP contribution in [-0.4, -0.2) is 56.3 Å². The van der Waals surface area contributed by atoms with Gasteiger partial charge in [0, 0.05) is 38.5 Å². The van der Waals surface area contributed by atoms with Crippen molar-refractivity contribution in [3.8, 4) is 5.75 Å². The van der Waals surface area contributed by atoms with E-state index in [1.54, 1.807) is 0 Å². The summed E-state index contributed by atoms with van der Waals surface area (Å²) in [6.45, 7) is 8.74. The van der Waals surface area contributed by atoms with E-state index < -0.39 is 0 Å². The second-order valence-corrected chi connectivity index (χ2v) is 7.94. The highest BCUT2D eigenvalue weighted by atomic mass is 16.5. The SMILES string of the molecule is Cc1cccc(N2CCN(C(=O)c3ccccc3OCC3CCCO3)CC2)c1C. The molecule has 154 valence electrons. The Balaban J connectivity index is 1.40. The molecule has 0 radical (unpaired) electrons. The van der Waals surface area contributed by atoms with Crippen molar-refractivity contribution < 1.29 is 14.3 Å². The number of hydrogen-bond acceptors (Lipinski definition) is 4. The number of benzene rings is 2. The maximum Gasteiger partial charge on any atom is 0.257 e. The van der Waals surface area contributed by atoms with Crippen LogP contribution in [0.5, 0.6) is 5.75 Å². The predicted molar refractivity (Wildman–Crippen MR) is 115 cm³/mol. The topological polar surface area (TPSA) is 42.0 Å². The van der Waals surface area contributed by atoms with E-state index >= 15 is 0 Å². The third-order valence-corrected chi connectivity index (χ3v) is 6.05. The number of carbonyl (C=O) groups is 1. The first-order chi connectivity index (χ1) is 14.1. The number of nitrogens with zero attached hydrogens (tertiary/aromatic N) is 2. The predicted octanol–water partition coefficient (Wildman–Crippen LogP) is 3.82. The molecule has 5 heteroatoms. The van der Waals surface area contributed by atoms with E-state index in [4.69, 9.17) is 9.47 Å². The van der Waals surface area contributed by atoms with Gasteiger partial charge in [-0.05, 0) is 56.0 Å². The lowest BCUT2D eigenvalue weighted by atomic mass is 10.1. The fourth-order valence-electron chi connectivity index (χ4n) is 4.13. The molecule has 0 N–H and O–H groups in total. The molecule has 1 unspecified atom stereocenters. The Hall–Kier alpha value is -2.53. The minimum absolute atomic E-state index is 0.0496. The molecule has 29 heavy (non-hydrogen) atoms. The number of para-hydroxylation sites is 1. The van der Waals surface area contributed by atoms with Gasteiger partial charge in [0.1, 0.15) is 12.4 Å². The fourth-order valence-corrected chi connectivity index (χ4v) is 4.13. The Morgan fingerprint density at radius 1 is 1.07 bits per heavy atom. The van der Waals surface area contributed by atoms with Gasteiger partial charge in [0.25, 0.3) is 5.91 Å². The molecule has 0 bridgehead atoms. The lowest BCUT2D eigenvalue weighted by molar-refractivity contribution is 0.0648. The average Bonchev–Trinajstić information content (AvgIpc) is 3.28. The van der Waals surface area contributed by atoms with Crippen molar-refractivity contribution in [3.63, 3.8) is 0 Å². The van der Waals surface area contributed by atoms with Gasteiger partial charge in [-0.3, -0.25) is 4.79 Å². The zero-order chi connectivity index (χ0) is 20.2. The lowest BCUT2D eigenvalue weighted by Gasteiger charge is -2.37. The van der Waals surface area contributed by atoms with E-state index in [0.717, 1.165) is 32.5 Å². The number of carbonyl (C=O) groups excluding carboxylic acids is 1. The minimum Gasteiger partial charge on any atom is -0.490 e. The molecule has 4 rings (SSSR count). The Kier molecular flexibility index (Phi) is 6.05. The highest BCUT2D eigenvalue weighted by Gasteiger charge is 2.25. The van der Waals surface area contributed by atoms with Crippen LogP contribution in [0, 0.1) is 13.8 Å². The van der Waals surface area contributed by atoms with E-state index in [1.807, 2.05) is 29.2 Å². The van der Waals surface area contributed by atoms with Crippen LogP contribution in [0.25, 0.3) is 0 Å². The molecule has 0 aliphatic carbocycles. The molecule has 1 atom stereocenters. The molecule has 2 heterocycles. The fraction of sp³-hybridized carbons (Fsp3) is 0.458. The third kappa shape index (κ3) is 4.40. The average molecular weight is 395 g/mol. The van der Waals surface area contributed by atoms with Crippen LogP contribution in [0.3, 0.4) is 0 Å². The number of anilines is 1. The maximum atomic E-state index is 13.2. The van der Waals surface area contributed by atoms with Gasteiger partial charge in [-0.1, -0.05) is 24.3 Å². The normalized spacial score (nSPS) is 19.4. The van der Waals surface area contributed by atoms with Crippen LogP contribution >= 0.6 is 0 Å². The van der Waals surface area contributed by atoms with E-state index in [-0.39, 0.29) is 12.0 Å². The van der Waals surface area contributed by atoms with Crippen LogP contribution in [0.15, 0.2) is 42.5 Å². The van der Waals surface area contributed by atoms with Crippen LogP contribution < -0.4 is 9.64 Å². The quantitative estimate of drug-likeness (QED) is 0.773. The van der Waals surface area contributed by atoms with Gasteiger partial charge in [0.2, 0.25) is 0 Å². The molecule has 2 aliphatic rings. The molecule has 1 amide bonds. The molecular weight excluding hydrogens is 364 g/mol. The van der Waals surface area contributed by atoms with Crippen molar-refractivity contribution in [2.75, 3.05) is 44.3 Å². The first-order valence-corrected chi connectivity index (χ1v) is 10.6. The number of piperazine rings is 1. The minimum atomic E-state index is 0.0496. The Morgan fingerprint density at radius 3 is 2.62 bits per heavy atom. The van der Waals surface area contributed by atoms with Gasteiger partial charge in [0.15, 0.2) is 0 Å². The van der Waals surface area contributed by atoms with Crippen LogP contribution in [0.4, 0.5) is 5.69 Å². The summed E-state index contributed by atoms with van der Waals surface area (Å²) < 4.78 is 11.6. The highest BCUT2D eigenvalue weighted by Crippen LogP contribution is 2.26. The smallest absolute Gasteiger partial charge is 0.257 e. The molecule has 2 aromatic rings. The van der Waals surface area contributed by atoms with Crippen LogP contribution in [-0.2, 0) is 4.74 Å². The number of rotatable bonds is 5. The van der Waals surface area contributed by atoms with Gasteiger partial charge in [0.05, 0.1) is 11.7 Å². The molecular formula is C24H30N2O3. The first-order valence-electron chi connectivity index (χ1n) is 10.6. The van der Waals surface area contributed by atoms with E-state index in [9.17, 15) is 4.79 Å². The second kappa shape index (κ2) is 8.87. The summed E-state index contributed by atoms with van der Waals surface area (Å²) in [4.78, 5) is 17.5. The molecule has 2 aromatic carbocycles. The van der Waals surface area contributed by atoms with Crippen molar-refractivity contribution >= 4 is 11.6 Å². The number of hydrogen-bond donors (Lipinski definition) is 0. The first kappa shape index (κ1) is 19.8. The standard InChI is InChI=1S/C24H30N2O3/c1-18-7-5-10-22(19(18)2)25-12-14-26(15-13-25)24(27)21-9-3-4-11-23(21)29-17-20-8-6-16-28-20/h3-5,7,9-11,20H,6,8,12-17H2,1-2H3. The Labute approximate surface area is 173 Å². The summed E-state index contributed by atoms with van der Waals surface area (Å²) in [5, 5.41) is 0. The van der Waals surface area contributed by atoms with Crippen molar-refractivity contribution in [1.82, 2.24) is 4.90 Å². The molecule has 2 saturated heterocycles. The van der Waals surface area contributed by atoms with Gasteiger partial charge in [-0.2, -0.15) is 0 Å². The molecule has 0 spiro atoms. The number of ether oxygens (including phenoxy) is 2. The zero-order valence-corrected chi connectivity index (χ0v) is 17.4. The van der Waals surface area contributed by atoms with Gasteiger partial charge >= 0.3 is 0 Å². The van der Waals surface area contributed by atoms with Crippen molar-refractivity contribution in [2.24, 2.45) is 0 Å². The molecule has 5 nitrogen and oxygen atoms in total. The van der Waals surface area contributed by atoms with Crippen molar-refractivity contribution in [3.05, 3.63) is 59.2 Å². The summed E-state index contributed by atoms with van der Waals surface area (Å²) in [7, 11) is 0. The molecule has 0 saturated carbocycles. The van der Waals surface area contributed by atoms with Gasteiger partial charge < -0.3 is 19.3 Å².